The van der Waals surface area contributed by atoms with Crippen molar-refractivity contribution in [2.45, 2.75) is 50.8 Å². The van der Waals surface area contributed by atoms with Crippen LogP contribution in [0.25, 0.3) is 5.70 Å². The van der Waals surface area contributed by atoms with Gasteiger partial charge in [0.15, 0.2) is 5.50 Å². The van der Waals surface area contributed by atoms with Gasteiger partial charge in [0.25, 0.3) is 5.91 Å². The molecule has 2 atom stereocenters. The molecule has 2 aromatic rings. The molecule has 0 spiro atoms. The van der Waals surface area contributed by atoms with Crippen LogP contribution in [0.1, 0.15) is 54.7 Å². The normalized spacial score (nSPS) is 20.5. The van der Waals surface area contributed by atoms with E-state index in [0.717, 1.165) is 30.4 Å². The third kappa shape index (κ3) is 6.24. The van der Waals surface area contributed by atoms with Gasteiger partial charge in [-0.15, -0.1) is 0 Å². The summed E-state index contributed by atoms with van der Waals surface area (Å²) >= 11 is 7.12. The van der Waals surface area contributed by atoms with Gasteiger partial charge in [-0.1, -0.05) is 30.3 Å². The largest absolute Gasteiger partial charge is 0.493 e. The summed E-state index contributed by atoms with van der Waals surface area (Å²) in [5.74, 6) is -0.668. The smallest absolute Gasteiger partial charge is 0.419 e. The van der Waals surface area contributed by atoms with Gasteiger partial charge in [-0.25, -0.2) is 9.97 Å². The lowest BCUT2D eigenvalue weighted by Gasteiger charge is -2.22. The first-order chi connectivity index (χ1) is 17.2. The number of benzene rings is 1. The molecule has 36 heavy (non-hydrogen) atoms. The molecule has 1 aromatic heterocycles. The second-order valence-electron chi connectivity index (χ2n) is 8.66. The predicted octanol–water partition coefficient (Wildman–Crippen LogP) is 5.14. The lowest BCUT2D eigenvalue weighted by molar-refractivity contribution is -0.139. The highest BCUT2D eigenvalue weighted by atomic mass is 35.5. The maximum absolute atomic E-state index is 13.9. The van der Waals surface area contributed by atoms with Gasteiger partial charge in [0.2, 0.25) is 0 Å². The molecule has 7 nitrogen and oxygen atoms in total. The van der Waals surface area contributed by atoms with E-state index in [1.165, 1.54) is 30.2 Å². The first-order valence-electron chi connectivity index (χ1n) is 11.7. The number of alkyl halides is 3. The lowest BCUT2D eigenvalue weighted by atomic mass is 10.1. The number of nitrogens with one attached hydrogen (secondary N) is 2. The second kappa shape index (κ2) is 11.3. The summed E-state index contributed by atoms with van der Waals surface area (Å²) in [6.07, 6.45) is 0.700. The molecule has 1 saturated heterocycles. The number of nitrogens with zero attached hydrogens (tertiary/aromatic N) is 3. The van der Waals surface area contributed by atoms with Gasteiger partial charge in [0.05, 0.1) is 30.3 Å². The van der Waals surface area contributed by atoms with Gasteiger partial charge in [-0.2, -0.15) is 13.2 Å². The van der Waals surface area contributed by atoms with E-state index in [1.807, 2.05) is 6.92 Å². The molecule has 4 rings (SSSR count). The average molecular weight is 542 g/mol. The Morgan fingerprint density at radius 3 is 2.78 bits per heavy atom. The molecule has 2 unspecified atom stereocenters. The zero-order valence-electron chi connectivity index (χ0n) is 19.9. The maximum Gasteiger partial charge on any atom is 0.419 e. The quantitative estimate of drug-likeness (QED) is 0.479. The minimum absolute atomic E-state index is 0.0850. The van der Waals surface area contributed by atoms with Crippen LogP contribution in [0.15, 0.2) is 35.5 Å². The average Bonchev–Trinajstić information content (AvgIpc) is 3.43. The molecule has 0 aliphatic carbocycles. The van der Waals surface area contributed by atoms with Gasteiger partial charge in [-0.05, 0) is 56.5 Å². The maximum atomic E-state index is 13.9. The Hall–Kier alpha value is -2.50. The summed E-state index contributed by atoms with van der Waals surface area (Å²) in [5, 5.41) is 6.19. The zero-order chi connectivity index (χ0) is 25.9. The van der Waals surface area contributed by atoms with E-state index in [2.05, 4.69) is 32.4 Å². The van der Waals surface area contributed by atoms with Crippen LogP contribution < -0.4 is 15.4 Å². The van der Waals surface area contributed by atoms with Crippen molar-refractivity contribution < 1.29 is 22.7 Å². The number of hydrogen-bond acceptors (Lipinski definition) is 7. The number of rotatable bonds is 8. The SMILES string of the molecule is CCCOc1ccc(C2=C(CN3CCCC3C)SC(NC(=O)c3cnc(Cl)cn3)N2)cc1C(F)(F)F. The lowest BCUT2D eigenvalue weighted by Crippen LogP contribution is -2.40. The number of amides is 1. The summed E-state index contributed by atoms with van der Waals surface area (Å²) in [4.78, 5) is 23.7. The Labute approximate surface area is 216 Å². The van der Waals surface area contributed by atoms with E-state index in [-0.39, 0.29) is 23.2 Å². The third-order valence-corrected chi connectivity index (χ3v) is 7.29. The Bertz CT molecular complexity index is 1130. The fourth-order valence-corrected chi connectivity index (χ4v) is 5.41. The molecule has 12 heteroatoms. The van der Waals surface area contributed by atoms with Gasteiger partial charge >= 0.3 is 6.18 Å². The van der Waals surface area contributed by atoms with E-state index in [9.17, 15) is 18.0 Å². The summed E-state index contributed by atoms with van der Waals surface area (Å²) in [7, 11) is 0. The minimum Gasteiger partial charge on any atom is -0.493 e. The third-order valence-electron chi connectivity index (χ3n) is 6.00. The van der Waals surface area contributed by atoms with Crippen LogP contribution in [0.4, 0.5) is 13.2 Å². The highest BCUT2D eigenvalue weighted by Crippen LogP contribution is 2.41. The number of likely N-dealkylation sites (tertiary alicyclic amines) is 1. The Balaban J connectivity index is 1.62. The first-order valence-corrected chi connectivity index (χ1v) is 12.9. The first kappa shape index (κ1) is 26.6. The van der Waals surface area contributed by atoms with E-state index in [4.69, 9.17) is 16.3 Å². The van der Waals surface area contributed by atoms with Crippen LogP contribution in [-0.2, 0) is 6.18 Å². The van der Waals surface area contributed by atoms with Gasteiger partial charge in [0, 0.05) is 17.5 Å². The molecule has 2 aliphatic rings. The van der Waals surface area contributed by atoms with Gasteiger partial charge in [0.1, 0.15) is 16.6 Å². The van der Waals surface area contributed by atoms with Crippen molar-refractivity contribution in [1.29, 1.82) is 0 Å². The molecule has 1 fully saturated rings. The Morgan fingerprint density at radius 2 is 2.14 bits per heavy atom. The number of ether oxygens (including phenoxy) is 1. The topological polar surface area (TPSA) is 79.4 Å². The molecule has 0 saturated carbocycles. The highest BCUT2D eigenvalue weighted by Gasteiger charge is 2.36. The highest BCUT2D eigenvalue weighted by molar-refractivity contribution is 8.04. The molecule has 1 amide bonds. The standard InChI is InChI=1S/C24H27ClF3N5O2S/c1-3-9-35-18-7-6-15(10-16(18)24(26,27)28)21-19(13-33-8-4-5-14(33)2)36-23(31-21)32-22(34)17-11-30-20(25)12-29-17/h6-7,10-12,14,23,31H,3-5,8-9,13H2,1-2H3,(H,32,34). The number of aromatic nitrogens is 2. The van der Waals surface area contributed by atoms with Crippen molar-refractivity contribution in [3.8, 4) is 5.75 Å². The van der Waals surface area contributed by atoms with Crippen molar-refractivity contribution >= 4 is 35.0 Å². The number of hydrogen-bond donors (Lipinski definition) is 2. The number of halogens is 4. The summed E-state index contributed by atoms with van der Waals surface area (Å²) in [5.41, 5.74) is -0.404. The van der Waals surface area contributed by atoms with E-state index < -0.39 is 23.1 Å². The van der Waals surface area contributed by atoms with Gasteiger partial charge in [-0.3, -0.25) is 9.69 Å². The minimum atomic E-state index is -4.57. The fraction of sp³-hybridized carbons (Fsp3) is 0.458. The molecule has 1 aromatic carbocycles. The van der Waals surface area contributed by atoms with Crippen LogP contribution in [0.3, 0.4) is 0 Å². The van der Waals surface area contributed by atoms with Crippen LogP contribution in [0.2, 0.25) is 5.15 Å². The van der Waals surface area contributed by atoms with E-state index in [1.54, 1.807) is 6.07 Å². The summed E-state index contributed by atoms with van der Waals surface area (Å²) < 4.78 is 47.0. The van der Waals surface area contributed by atoms with E-state index in [0.29, 0.717) is 30.3 Å². The van der Waals surface area contributed by atoms with Crippen LogP contribution in [0, 0.1) is 0 Å². The summed E-state index contributed by atoms with van der Waals surface area (Å²) in [6.45, 7) is 5.64. The van der Waals surface area contributed by atoms with Crippen molar-refractivity contribution in [2.75, 3.05) is 19.7 Å². The molecule has 0 radical (unpaired) electrons. The second-order valence-corrected chi connectivity index (χ2v) is 10.2. The van der Waals surface area contributed by atoms with Crippen LogP contribution in [-0.4, -0.2) is 52.0 Å². The Morgan fingerprint density at radius 1 is 1.33 bits per heavy atom. The van der Waals surface area contributed by atoms with Crippen LogP contribution >= 0.6 is 23.4 Å². The van der Waals surface area contributed by atoms with E-state index >= 15 is 0 Å². The molecule has 194 valence electrons. The van der Waals surface area contributed by atoms with Crippen LogP contribution in [0.5, 0.6) is 5.75 Å². The summed E-state index contributed by atoms with van der Waals surface area (Å²) in [6, 6.07) is 4.45. The molecule has 2 N–H and O–H groups in total. The molecule has 0 bridgehead atoms. The molecular weight excluding hydrogens is 515 g/mol. The number of carbonyl (C=O) groups is 1. The van der Waals surface area contributed by atoms with Crippen molar-refractivity contribution in [2.24, 2.45) is 0 Å². The number of carbonyl (C=O) groups excluding carboxylic acids is 1. The number of thioether (sulfide) groups is 1. The molecular formula is C24H27ClF3N5O2S. The molecule has 3 heterocycles. The fourth-order valence-electron chi connectivity index (χ4n) is 4.15. The van der Waals surface area contributed by atoms with Gasteiger partial charge < -0.3 is 15.4 Å². The van der Waals surface area contributed by atoms with Crippen molar-refractivity contribution in [1.82, 2.24) is 25.5 Å². The zero-order valence-corrected chi connectivity index (χ0v) is 21.4. The Kier molecular flexibility index (Phi) is 8.31. The monoisotopic (exact) mass is 541 g/mol. The molecule has 2 aliphatic heterocycles. The van der Waals surface area contributed by atoms with Crippen molar-refractivity contribution in [3.63, 3.8) is 0 Å². The predicted molar refractivity (Wildman–Crippen MR) is 133 cm³/mol. The van der Waals surface area contributed by atoms with Crippen molar-refractivity contribution in [3.05, 3.63) is 57.5 Å².